The number of ether oxygens (including phenoxy) is 1. The molecule has 0 saturated heterocycles. The van der Waals surface area contributed by atoms with Crippen LogP contribution in [-0.2, 0) is 16.1 Å². The molecule has 0 spiro atoms. The number of non-ortho nitro benzene ring substituents is 1. The Morgan fingerprint density at radius 3 is 2.89 bits per heavy atom. The summed E-state index contributed by atoms with van der Waals surface area (Å²) in [6, 6.07) is 7.83. The number of nitro groups is 1. The third kappa shape index (κ3) is 4.60. The SMILES string of the molecule is C[C@H](NC(=O)c1cccc([N+](=O)[O-])c1)C(=O)OCc1csc(-c2ccco2)n1. The van der Waals surface area contributed by atoms with Gasteiger partial charge in [-0.2, -0.15) is 0 Å². The van der Waals surface area contributed by atoms with Crippen LogP contribution in [0.2, 0.25) is 0 Å². The summed E-state index contributed by atoms with van der Waals surface area (Å²) in [6.07, 6.45) is 1.54. The van der Waals surface area contributed by atoms with E-state index in [1.807, 2.05) is 0 Å². The maximum absolute atomic E-state index is 12.2. The summed E-state index contributed by atoms with van der Waals surface area (Å²) in [6.45, 7) is 1.42. The van der Waals surface area contributed by atoms with Crippen LogP contribution in [0.1, 0.15) is 23.0 Å². The second-order valence-corrected chi connectivity index (χ2v) is 6.59. The van der Waals surface area contributed by atoms with Crippen LogP contribution in [0.25, 0.3) is 10.8 Å². The van der Waals surface area contributed by atoms with Crippen molar-refractivity contribution < 1.29 is 23.7 Å². The molecule has 144 valence electrons. The Balaban J connectivity index is 1.54. The first kappa shape index (κ1) is 19.2. The van der Waals surface area contributed by atoms with Crippen molar-refractivity contribution in [3.8, 4) is 10.8 Å². The van der Waals surface area contributed by atoms with Gasteiger partial charge in [-0.15, -0.1) is 11.3 Å². The molecule has 0 aliphatic heterocycles. The van der Waals surface area contributed by atoms with Gasteiger partial charge in [0.15, 0.2) is 10.8 Å². The van der Waals surface area contributed by atoms with Crippen LogP contribution in [0.4, 0.5) is 5.69 Å². The highest BCUT2D eigenvalue weighted by molar-refractivity contribution is 7.13. The molecule has 3 aromatic rings. The number of nitrogens with zero attached hydrogens (tertiary/aromatic N) is 2. The fourth-order valence-electron chi connectivity index (χ4n) is 2.26. The lowest BCUT2D eigenvalue weighted by Crippen LogP contribution is -2.39. The average Bonchev–Trinajstić information content (AvgIpc) is 3.37. The minimum Gasteiger partial charge on any atom is -0.462 e. The number of carbonyl (C=O) groups excluding carboxylic acids is 2. The number of furan rings is 1. The third-order valence-electron chi connectivity index (χ3n) is 3.67. The highest BCUT2D eigenvalue weighted by atomic mass is 32.1. The number of carbonyl (C=O) groups is 2. The number of aromatic nitrogens is 1. The normalized spacial score (nSPS) is 11.6. The summed E-state index contributed by atoms with van der Waals surface area (Å²) in [4.78, 5) is 38.8. The smallest absolute Gasteiger partial charge is 0.328 e. The molecule has 9 nitrogen and oxygen atoms in total. The summed E-state index contributed by atoms with van der Waals surface area (Å²) >= 11 is 1.36. The predicted molar refractivity (Wildman–Crippen MR) is 99.6 cm³/mol. The molecule has 0 fully saturated rings. The molecule has 2 heterocycles. The number of thiazole rings is 1. The molecule has 0 bridgehead atoms. The number of rotatable bonds is 7. The monoisotopic (exact) mass is 401 g/mol. The lowest BCUT2D eigenvalue weighted by Gasteiger charge is -2.13. The first-order chi connectivity index (χ1) is 13.4. The summed E-state index contributed by atoms with van der Waals surface area (Å²) < 4.78 is 10.4. The van der Waals surface area contributed by atoms with Gasteiger partial charge in [-0.1, -0.05) is 6.07 Å². The molecule has 0 aliphatic rings. The highest BCUT2D eigenvalue weighted by Crippen LogP contribution is 2.24. The highest BCUT2D eigenvalue weighted by Gasteiger charge is 2.20. The van der Waals surface area contributed by atoms with Crippen molar-refractivity contribution in [3.05, 3.63) is 69.4 Å². The van der Waals surface area contributed by atoms with E-state index in [2.05, 4.69) is 10.3 Å². The zero-order valence-corrected chi connectivity index (χ0v) is 15.5. The molecule has 1 amide bonds. The first-order valence-electron chi connectivity index (χ1n) is 8.14. The van der Waals surface area contributed by atoms with Crippen LogP contribution in [0.5, 0.6) is 0 Å². The average molecular weight is 401 g/mol. The fraction of sp³-hybridized carbons (Fsp3) is 0.167. The lowest BCUT2D eigenvalue weighted by atomic mass is 10.2. The van der Waals surface area contributed by atoms with E-state index in [9.17, 15) is 19.7 Å². The van der Waals surface area contributed by atoms with E-state index in [1.165, 1.54) is 36.5 Å². The Kier molecular flexibility index (Phi) is 5.80. The van der Waals surface area contributed by atoms with E-state index in [1.54, 1.807) is 23.8 Å². The molecular formula is C18H15N3O6S. The molecule has 3 rings (SSSR count). The zero-order valence-electron chi connectivity index (χ0n) is 14.7. The van der Waals surface area contributed by atoms with E-state index in [-0.39, 0.29) is 17.9 Å². The molecule has 1 N–H and O–H groups in total. The number of nitrogens with one attached hydrogen (secondary N) is 1. The zero-order chi connectivity index (χ0) is 20.1. The fourth-order valence-corrected chi connectivity index (χ4v) is 3.03. The second kappa shape index (κ2) is 8.44. The van der Waals surface area contributed by atoms with Gasteiger partial charge < -0.3 is 14.5 Å². The molecule has 0 unspecified atom stereocenters. The van der Waals surface area contributed by atoms with Crippen molar-refractivity contribution in [3.63, 3.8) is 0 Å². The van der Waals surface area contributed by atoms with E-state index in [4.69, 9.17) is 9.15 Å². The Labute approximate surface area is 163 Å². The third-order valence-corrected chi connectivity index (χ3v) is 4.57. The standard InChI is InChI=1S/C18H15N3O6S/c1-11(19-16(22)12-4-2-5-14(8-12)21(24)25)18(23)27-9-13-10-28-17(20-13)15-6-3-7-26-15/h2-8,10-11H,9H2,1H3,(H,19,22)/t11-/m0/s1. The van der Waals surface area contributed by atoms with Gasteiger partial charge in [-0.05, 0) is 25.1 Å². The van der Waals surface area contributed by atoms with Gasteiger partial charge in [0.1, 0.15) is 12.6 Å². The van der Waals surface area contributed by atoms with Crippen LogP contribution < -0.4 is 5.32 Å². The summed E-state index contributed by atoms with van der Waals surface area (Å²) in [7, 11) is 0. The minimum atomic E-state index is -0.935. The lowest BCUT2D eigenvalue weighted by molar-refractivity contribution is -0.384. The maximum atomic E-state index is 12.2. The molecule has 1 aromatic carbocycles. The number of hydrogen-bond donors (Lipinski definition) is 1. The number of benzene rings is 1. The number of esters is 1. The van der Waals surface area contributed by atoms with Gasteiger partial charge in [0.25, 0.3) is 11.6 Å². The van der Waals surface area contributed by atoms with Gasteiger partial charge in [0.2, 0.25) is 0 Å². The molecule has 28 heavy (non-hydrogen) atoms. The van der Waals surface area contributed by atoms with Crippen molar-refractivity contribution >= 4 is 28.9 Å². The van der Waals surface area contributed by atoms with Gasteiger partial charge in [-0.25, -0.2) is 9.78 Å². The molecule has 0 saturated carbocycles. The largest absolute Gasteiger partial charge is 0.462 e. The van der Waals surface area contributed by atoms with Crippen LogP contribution in [0, 0.1) is 10.1 Å². The second-order valence-electron chi connectivity index (χ2n) is 5.73. The first-order valence-corrected chi connectivity index (χ1v) is 9.02. The molecular weight excluding hydrogens is 386 g/mol. The summed E-state index contributed by atoms with van der Waals surface area (Å²) in [5, 5.41) is 15.7. The molecule has 2 aromatic heterocycles. The Morgan fingerprint density at radius 2 is 2.18 bits per heavy atom. The Morgan fingerprint density at radius 1 is 1.36 bits per heavy atom. The number of hydrogen-bond acceptors (Lipinski definition) is 8. The van der Waals surface area contributed by atoms with Crippen molar-refractivity contribution in [1.82, 2.24) is 10.3 Å². The van der Waals surface area contributed by atoms with Gasteiger partial charge in [0, 0.05) is 23.1 Å². The van der Waals surface area contributed by atoms with Gasteiger partial charge in [-0.3, -0.25) is 14.9 Å². The Hall–Kier alpha value is -3.53. The molecule has 1 atom stereocenters. The van der Waals surface area contributed by atoms with Crippen LogP contribution >= 0.6 is 11.3 Å². The predicted octanol–water partition coefficient (Wildman–Crippen LogP) is 3.17. The van der Waals surface area contributed by atoms with Crippen molar-refractivity contribution in [2.75, 3.05) is 0 Å². The van der Waals surface area contributed by atoms with Crippen LogP contribution in [0.3, 0.4) is 0 Å². The van der Waals surface area contributed by atoms with E-state index in [0.717, 1.165) is 6.07 Å². The van der Waals surface area contributed by atoms with Crippen molar-refractivity contribution in [1.29, 1.82) is 0 Å². The van der Waals surface area contributed by atoms with E-state index >= 15 is 0 Å². The summed E-state index contributed by atoms with van der Waals surface area (Å²) in [5.74, 6) is -0.631. The summed E-state index contributed by atoms with van der Waals surface area (Å²) in [5.41, 5.74) is 0.428. The Bertz CT molecular complexity index is 998. The molecule has 10 heteroatoms. The quantitative estimate of drug-likeness (QED) is 0.366. The van der Waals surface area contributed by atoms with Crippen molar-refractivity contribution in [2.45, 2.75) is 19.6 Å². The van der Waals surface area contributed by atoms with Gasteiger partial charge in [0.05, 0.1) is 16.9 Å². The topological polar surface area (TPSA) is 125 Å². The minimum absolute atomic E-state index is 0.0486. The van der Waals surface area contributed by atoms with E-state index < -0.39 is 22.8 Å². The van der Waals surface area contributed by atoms with Gasteiger partial charge >= 0.3 is 5.97 Å². The number of amides is 1. The molecule has 0 aliphatic carbocycles. The maximum Gasteiger partial charge on any atom is 0.328 e. The van der Waals surface area contributed by atoms with E-state index in [0.29, 0.717) is 16.5 Å². The van der Waals surface area contributed by atoms with Crippen molar-refractivity contribution in [2.24, 2.45) is 0 Å². The van der Waals surface area contributed by atoms with Crippen LogP contribution in [-0.4, -0.2) is 27.8 Å². The number of nitro benzene ring substituents is 1. The molecule has 0 radical (unpaired) electrons. The van der Waals surface area contributed by atoms with Crippen LogP contribution in [0.15, 0.2) is 52.5 Å².